The van der Waals surface area contributed by atoms with Crippen LogP contribution >= 0.6 is 11.6 Å². The first-order chi connectivity index (χ1) is 10.6. The summed E-state index contributed by atoms with van der Waals surface area (Å²) in [5.74, 6) is -0.365. The molecule has 1 aliphatic heterocycles. The van der Waals surface area contributed by atoms with Gasteiger partial charge in [-0.15, -0.1) is 0 Å². The zero-order chi connectivity index (χ0) is 15.5. The number of halogens is 2. The number of nitrogens with one attached hydrogen (secondary N) is 1. The van der Waals surface area contributed by atoms with Crippen molar-refractivity contribution in [1.82, 2.24) is 5.16 Å². The molecule has 0 bridgehead atoms. The molecule has 0 aliphatic carbocycles. The van der Waals surface area contributed by atoms with Crippen LogP contribution in [0.1, 0.15) is 10.6 Å². The van der Waals surface area contributed by atoms with Crippen molar-refractivity contribution in [3.63, 3.8) is 0 Å². The maximum atomic E-state index is 13.1. The normalized spacial score (nSPS) is 14.9. The molecule has 6 nitrogen and oxygen atoms in total. The van der Waals surface area contributed by atoms with Gasteiger partial charge < -0.3 is 19.5 Å². The zero-order valence-electron chi connectivity index (χ0n) is 11.5. The van der Waals surface area contributed by atoms with Gasteiger partial charge in [-0.3, -0.25) is 4.79 Å². The summed E-state index contributed by atoms with van der Waals surface area (Å²) in [4.78, 5) is 14.1. The number of benzene rings is 1. The minimum atomic E-state index is -0.547. The van der Waals surface area contributed by atoms with Crippen LogP contribution in [0.25, 0.3) is 0 Å². The van der Waals surface area contributed by atoms with E-state index in [9.17, 15) is 9.18 Å². The van der Waals surface area contributed by atoms with Gasteiger partial charge in [0.25, 0.3) is 5.91 Å². The van der Waals surface area contributed by atoms with E-state index < -0.39 is 11.7 Å². The van der Waals surface area contributed by atoms with Crippen LogP contribution in [0, 0.1) is 5.82 Å². The average Bonchev–Trinajstić information content (AvgIpc) is 3.02. The monoisotopic (exact) mass is 325 g/mol. The maximum Gasteiger partial charge on any atom is 0.294 e. The van der Waals surface area contributed by atoms with Gasteiger partial charge in [0, 0.05) is 24.8 Å². The summed E-state index contributed by atoms with van der Waals surface area (Å²) in [6, 6.07) is 5.48. The Bertz CT molecular complexity index is 686. The van der Waals surface area contributed by atoms with Crippen molar-refractivity contribution in [1.29, 1.82) is 0 Å². The molecule has 8 heteroatoms. The second kappa shape index (κ2) is 6.33. The van der Waals surface area contributed by atoms with Crippen molar-refractivity contribution in [2.24, 2.45) is 0 Å². The highest BCUT2D eigenvalue weighted by molar-refractivity contribution is 6.31. The molecule has 1 aromatic heterocycles. The molecule has 0 radical (unpaired) electrons. The van der Waals surface area contributed by atoms with Crippen LogP contribution in [-0.4, -0.2) is 37.4 Å². The molecule has 2 heterocycles. The van der Waals surface area contributed by atoms with Crippen LogP contribution in [0.15, 0.2) is 28.8 Å². The van der Waals surface area contributed by atoms with E-state index in [0.29, 0.717) is 37.8 Å². The topological polar surface area (TPSA) is 67.6 Å². The van der Waals surface area contributed by atoms with Crippen molar-refractivity contribution >= 4 is 29.0 Å². The first-order valence-electron chi connectivity index (χ1n) is 6.69. The fraction of sp³-hybridized carbons (Fsp3) is 0.286. The van der Waals surface area contributed by atoms with Gasteiger partial charge >= 0.3 is 0 Å². The summed E-state index contributed by atoms with van der Waals surface area (Å²) >= 11 is 5.67. The molecule has 1 saturated heterocycles. The van der Waals surface area contributed by atoms with Gasteiger partial charge in [0.05, 0.1) is 18.2 Å². The fourth-order valence-corrected chi connectivity index (χ4v) is 2.26. The summed E-state index contributed by atoms with van der Waals surface area (Å²) in [6.07, 6.45) is 0. The van der Waals surface area contributed by atoms with E-state index in [4.69, 9.17) is 20.9 Å². The Morgan fingerprint density at radius 3 is 2.82 bits per heavy atom. The van der Waals surface area contributed by atoms with E-state index in [-0.39, 0.29) is 10.8 Å². The van der Waals surface area contributed by atoms with Gasteiger partial charge in [0.2, 0.25) is 5.76 Å². The Balaban J connectivity index is 1.69. The quantitative estimate of drug-likeness (QED) is 0.939. The van der Waals surface area contributed by atoms with E-state index in [1.54, 1.807) is 6.07 Å². The number of anilines is 2. The van der Waals surface area contributed by atoms with Crippen LogP contribution < -0.4 is 10.2 Å². The molecule has 1 aliphatic rings. The lowest BCUT2D eigenvalue weighted by atomic mass is 10.3. The molecule has 0 atom stereocenters. The minimum Gasteiger partial charge on any atom is -0.378 e. The van der Waals surface area contributed by atoms with E-state index in [0.717, 1.165) is 0 Å². The summed E-state index contributed by atoms with van der Waals surface area (Å²) < 4.78 is 23.4. The SMILES string of the molecule is O=C(Nc1ccc(F)c(Cl)c1)c1cc(N2CCOCC2)no1. The van der Waals surface area contributed by atoms with Crippen LogP contribution in [0.4, 0.5) is 15.9 Å². The highest BCUT2D eigenvalue weighted by Gasteiger charge is 2.19. The second-order valence-electron chi connectivity index (χ2n) is 4.73. The molecule has 116 valence electrons. The summed E-state index contributed by atoms with van der Waals surface area (Å²) in [5.41, 5.74) is 0.376. The number of nitrogens with zero attached hydrogens (tertiary/aromatic N) is 2. The van der Waals surface area contributed by atoms with Gasteiger partial charge in [-0.25, -0.2) is 4.39 Å². The van der Waals surface area contributed by atoms with Gasteiger partial charge in [-0.05, 0) is 18.2 Å². The van der Waals surface area contributed by atoms with Crippen molar-refractivity contribution in [3.05, 3.63) is 40.9 Å². The summed E-state index contributed by atoms with van der Waals surface area (Å²) in [7, 11) is 0. The van der Waals surface area contributed by atoms with Gasteiger partial charge in [-0.1, -0.05) is 16.8 Å². The fourth-order valence-electron chi connectivity index (χ4n) is 2.08. The van der Waals surface area contributed by atoms with E-state index in [2.05, 4.69) is 10.5 Å². The van der Waals surface area contributed by atoms with E-state index >= 15 is 0 Å². The number of amides is 1. The Labute approximate surface area is 130 Å². The highest BCUT2D eigenvalue weighted by atomic mass is 35.5. The lowest BCUT2D eigenvalue weighted by Crippen LogP contribution is -2.36. The highest BCUT2D eigenvalue weighted by Crippen LogP contribution is 2.21. The van der Waals surface area contributed by atoms with Crippen LogP contribution in [0.3, 0.4) is 0 Å². The summed E-state index contributed by atoms with van der Waals surface area (Å²) in [6.45, 7) is 2.62. The number of hydrogen-bond acceptors (Lipinski definition) is 5. The molecule has 1 amide bonds. The van der Waals surface area contributed by atoms with Crippen molar-refractivity contribution < 1.29 is 18.4 Å². The molecule has 1 N–H and O–H groups in total. The number of hydrogen-bond donors (Lipinski definition) is 1. The van der Waals surface area contributed by atoms with E-state index in [1.807, 2.05) is 4.90 Å². The molecule has 2 aromatic rings. The molecule has 0 spiro atoms. The molecule has 22 heavy (non-hydrogen) atoms. The van der Waals surface area contributed by atoms with E-state index in [1.165, 1.54) is 18.2 Å². The smallest absolute Gasteiger partial charge is 0.294 e. The molecular formula is C14H13ClFN3O3. The molecule has 0 saturated carbocycles. The van der Waals surface area contributed by atoms with Crippen LogP contribution in [0.5, 0.6) is 0 Å². The number of ether oxygens (including phenoxy) is 1. The second-order valence-corrected chi connectivity index (χ2v) is 5.14. The standard InChI is InChI=1S/C14H13ClFN3O3/c15-10-7-9(1-2-11(10)16)17-14(20)12-8-13(18-22-12)19-3-5-21-6-4-19/h1-2,7-8H,3-6H2,(H,17,20). The number of carbonyl (C=O) groups excluding carboxylic acids is 1. The number of aromatic nitrogens is 1. The third-order valence-corrected chi connectivity index (χ3v) is 3.52. The lowest BCUT2D eigenvalue weighted by molar-refractivity contribution is 0.0987. The Hall–Kier alpha value is -2.12. The van der Waals surface area contributed by atoms with Crippen LogP contribution in [0.2, 0.25) is 5.02 Å². The predicted molar refractivity (Wildman–Crippen MR) is 78.9 cm³/mol. The third kappa shape index (κ3) is 3.20. The molecule has 1 fully saturated rings. The number of carbonyl (C=O) groups is 1. The minimum absolute atomic E-state index is 0.0654. The average molecular weight is 326 g/mol. The largest absolute Gasteiger partial charge is 0.378 e. The third-order valence-electron chi connectivity index (χ3n) is 3.23. The maximum absolute atomic E-state index is 13.1. The predicted octanol–water partition coefficient (Wildman–Crippen LogP) is 2.56. The molecular weight excluding hydrogens is 313 g/mol. The Morgan fingerprint density at radius 2 is 2.09 bits per heavy atom. The van der Waals surface area contributed by atoms with Crippen molar-refractivity contribution in [3.8, 4) is 0 Å². The first kappa shape index (κ1) is 14.8. The van der Waals surface area contributed by atoms with Gasteiger partial charge in [0.1, 0.15) is 5.82 Å². The lowest BCUT2D eigenvalue weighted by Gasteiger charge is -2.25. The molecule has 0 unspecified atom stereocenters. The number of rotatable bonds is 3. The number of morpholine rings is 1. The van der Waals surface area contributed by atoms with Crippen LogP contribution in [-0.2, 0) is 4.74 Å². The summed E-state index contributed by atoms with van der Waals surface area (Å²) in [5, 5.41) is 6.39. The van der Waals surface area contributed by atoms with Gasteiger partial charge in [-0.2, -0.15) is 0 Å². The zero-order valence-corrected chi connectivity index (χ0v) is 12.3. The molecule has 1 aromatic carbocycles. The Kier molecular flexibility index (Phi) is 4.26. The Morgan fingerprint density at radius 1 is 1.32 bits per heavy atom. The first-order valence-corrected chi connectivity index (χ1v) is 7.07. The van der Waals surface area contributed by atoms with Gasteiger partial charge in [0.15, 0.2) is 5.82 Å². The van der Waals surface area contributed by atoms with Crippen molar-refractivity contribution in [2.45, 2.75) is 0 Å². The van der Waals surface area contributed by atoms with Crippen molar-refractivity contribution in [2.75, 3.05) is 36.5 Å². The molecule has 3 rings (SSSR count).